The van der Waals surface area contributed by atoms with Crippen LogP contribution in [0.3, 0.4) is 0 Å². The highest BCUT2D eigenvalue weighted by Gasteiger charge is 2.43. The lowest BCUT2D eigenvalue weighted by molar-refractivity contribution is -0.139. The summed E-state index contributed by atoms with van der Waals surface area (Å²) >= 11 is 0. The number of hydrogen-bond donors (Lipinski definition) is 1. The molecule has 4 nitrogen and oxygen atoms in total. The molecule has 23 heavy (non-hydrogen) atoms. The van der Waals surface area contributed by atoms with Crippen molar-refractivity contribution < 1.29 is 9.59 Å². The lowest BCUT2D eigenvalue weighted by Gasteiger charge is -2.34. The summed E-state index contributed by atoms with van der Waals surface area (Å²) in [5.74, 6) is 0.479. The van der Waals surface area contributed by atoms with Crippen LogP contribution >= 0.6 is 0 Å². The molecule has 1 aliphatic heterocycles. The first-order valence-electron chi connectivity index (χ1n) is 8.72. The van der Waals surface area contributed by atoms with E-state index in [4.69, 9.17) is 0 Å². The number of hydrogen-bond acceptors (Lipinski definition) is 2. The molecule has 0 bridgehead atoms. The molecule has 0 aliphatic carbocycles. The number of carbonyl (C=O) groups is 2. The summed E-state index contributed by atoms with van der Waals surface area (Å²) in [4.78, 5) is 27.3. The van der Waals surface area contributed by atoms with Crippen molar-refractivity contribution in [3.8, 4) is 0 Å². The number of nitrogens with one attached hydrogen (secondary N) is 1. The van der Waals surface area contributed by atoms with Gasteiger partial charge in [-0.25, -0.2) is 0 Å². The van der Waals surface area contributed by atoms with Gasteiger partial charge in [-0.15, -0.1) is 0 Å². The van der Waals surface area contributed by atoms with Gasteiger partial charge in [0.15, 0.2) is 0 Å². The fourth-order valence-corrected chi connectivity index (χ4v) is 2.98. The van der Waals surface area contributed by atoms with Gasteiger partial charge in [-0.3, -0.25) is 9.59 Å². The molecular formula is C19H36N2O2. The monoisotopic (exact) mass is 324 g/mol. The molecule has 2 amide bonds. The smallest absolute Gasteiger partial charge is 0.245 e. The first-order valence-corrected chi connectivity index (χ1v) is 8.72. The van der Waals surface area contributed by atoms with Gasteiger partial charge in [-0.05, 0) is 22.2 Å². The van der Waals surface area contributed by atoms with Crippen LogP contribution in [0.5, 0.6) is 0 Å². The molecular weight excluding hydrogens is 288 g/mol. The Bertz CT molecular complexity index is 455. The van der Waals surface area contributed by atoms with Gasteiger partial charge in [0.1, 0.15) is 6.04 Å². The van der Waals surface area contributed by atoms with Gasteiger partial charge in [0, 0.05) is 19.5 Å². The van der Waals surface area contributed by atoms with E-state index in [0.29, 0.717) is 12.3 Å². The number of rotatable bonds is 3. The van der Waals surface area contributed by atoms with Crippen LogP contribution in [-0.2, 0) is 9.59 Å². The molecule has 1 N–H and O–H groups in total. The number of nitrogens with zero attached hydrogens (tertiary/aromatic N) is 1. The normalized spacial score (nSPS) is 22.8. The summed E-state index contributed by atoms with van der Waals surface area (Å²) in [6.07, 6.45) is 0.425. The Kier molecular flexibility index (Phi) is 5.60. The molecule has 1 saturated heterocycles. The van der Waals surface area contributed by atoms with Crippen LogP contribution in [0.4, 0.5) is 0 Å². The predicted octanol–water partition coefficient (Wildman–Crippen LogP) is 3.46. The van der Waals surface area contributed by atoms with Crippen molar-refractivity contribution in [2.45, 2.75) is 74.8 Å². The van der Waals surface area contributed by atoms with E-state index in [-0.39, 0.29) is 28.1 Å². The Morgan fingerprint density at radius 1 is 1.17 bits per heavy atom. The molecule has 1 fully saturated rings. The van der Waals surface area contributed by atoms with Gasteiger partial charge in [0.25, 0.3) is 0 Å². The second kappa shape index (κ2) is 6.45. The van der Waals surface area contributed by atoms with E-state index in [1.54, 1.807) is 0 Å². The summed E-state index contributed by atoms with van der Waals surface area (Å²) in [6, 6.07) is -0.474. The van der Waals surface area contributed by atoms with Crippen LogP contribution < -0.4 is 5.32 Å². The molecule has 0 aromatic carbocycles. The molecule has 1 heterocycles. The van der Waals surface area contributed by atoms with Crippen molar-refractivity contribution in [3.05, 3.63) is 0 Å². The first-order chi connectivity index (χ1) is 10.1. The molecule has 2 atom stereocenters. The maximum absolute atomic E-state index is 13.0. The standard InChI is InChI=1S/C19H36N2O2/c1-13-11-21(12-19(13,8)9)16(23)15(18(5,6)7)20-14(22)10-17(2,3)4/h13,15H,10-12H2,1-9H3,(H,20,22). The molecule has 4 heteroatoms. The largest absolute Gasteiger partial charge is 0.344 e. The van der Waals surface area contributed by atoms with Crippen LogP contribution in [0.25, 0.3) is 0 Å². The molecule has 1 rings (SSSR count). The van der Waals surface area contributed by atoms with Crippen LogP contribution in [0, 0.1) is 22.2 Å². The molecule has 1 aliphatic rings. The van der Waals surface area contributed by atoms with Crippen molar-refractivity contribution in [1.29, 1.82) is 0 Å². The average molecular weight is 325 g/mol. The topological polar surface area (TPSA) is 49.4 Å². The predicted molar refractivity (Wildman–Crippen MR) is 95.0 cm³/mol. The van der Waals surface area contributed by atoms with E-state index in [0.717, 1.165) is 13.1 Å². The van der Waals surface area contributed by atoms with Gasteiger partial charge in [0.2, 0.25) is 11.8 Å². The molecule has 0 aromatic heterocycles. The van der Waals surface area contributed by atoms with E-state index >= 15 is 0 Å². The first kappa shape index (κ1) is 20.0. The molecule has 0 saturated carbocycles. The quantitative estimate of drug-likeness (QED) is 0.864. The van der Waals surface area contributed by atoms with Crippen molar-refractivity contribution in [1.82, 2.24) is 10.2 Å². The van der Waals surface area contributed by atoms with Crippen LogP contribution in [0.1, 0.15) is 68.7 Å². The van der Waals surface area contributed by atoms with E-state index in [9.17, 15) is 9.59 Å². The van der Waals surface area contributed by atoms with Gasteiger partial charge in [0.05, 0.1) is 0 Å². The Morgan fingerprint density at radius 2 is 1.70 bits per heavy atom. The SMILES string of the molecule is CC1CN(C(=O)C(NC(=O)CC(C)(C)C)C(C)(C)C)CC1(C)C. The third-order valence-electron chi connectivity index (χ3n) is 4.85. The Hall–Kier alpha value is -1.06. The number of carbonyl (C=O) groups excluding carboxylic acids is 2. The summed E-state index contributed by atoms with van der Waals surface area (Å²) < 4.78 is 0. The van der Waals surface area contributed by atoms with Gasteiger partial charge in [-0.2, -0.15) is 0 Å². The van der Waals surface area contributed by atoms with Gasteiger partial charge in [-0.1, -0.05) is 62.3 Å². The third-order valence-corrected chi connectivity index (χ3v) is 4.85. The van der Waals surface area contributed by atoms with Gasteiger partial charge >= 0.3 is 0 Å². The van der Waals surface area contributed by atoms with E-state index in [1.807, 2.05) is 46.4 Å². The minimum Gasteiger partial charge on any atom is -0.344 e. The Morgan fingerprint density at radius 3 is 2.04 bits per heavy atom. The van der Waals surface area contributed by atoms with Crippen LogP contribution in [-0.4, -0.2) is 35.8 Å². The lowest BCUT2D eigenvalue weighted by atomic mass is 9.83. The fraction of sp³-hybridized carbons (Fsp3) is 0.895. The molecule has 0 aromatic rings. The second-order valence-electron chi connectivity index (χ2n) is 10.2. The maximum atomic E-state index is 13.0. The summed E-state index contributed by atoms with van der Waals surface area (Å²) in [7, 11) is 0. The highest BCUT2D eigenvalue weighted by atomic mass is 16.2. The van der Waals surface area contributed by atoms with Crippen LogP contribution in [0.2, 0.25) is 0 Å². The minimum atomic E-state index is -0.474. The highest BCUT2D eigenvalue weighted by Crippen LogP contribution is 2.36. The van der Waals surface area contributed by atoms with Crippen molar-refractivity contribution >= 4 is 11.8 Å². The van der Waals surface area contributed by atoms with E-state index in [1.165, 1.54) is 0 Å². The summed E-state index contributed by atoms with van der Waals surface area (Å²) in [6.45, 7) is 20.3. The molecule has 2 unspecified atom stereocenters. The van der Waals surface area contributed by atoms with Crippen molar-refractivity contribution in [2.24, 2.45) is 22.2 Å². The third kappa shape index (κ3) is 5.50. The molecule has 0 spiro atoms. The Balaban J connectivity index is 2.88. The van der Waals surface area contributed by atoms with Gasteiger partial charge < -0.3 is 10.2 Å². The fourth-order valence-electron chi connectivity index (χ4n) is 2.98. The lowest BCUT2D eigenvalue weighted by Crippen LogP contribution is -2.54. The summed E-state index contributed by atoms with van der Waals surface area (Å²) in [5, 5.41) is 3.00. The average Bonchev–Trinajstić information content (AvgIpc) is 2.56. The molecule has 0 radical (unpaired) electrons. The van der Waals surface area contributed by atoms with Crippen molar-refractivity contribution in [3.63, 3.8) is 0 Å². The Labute approximate surface area is 142 Å². The zero-order valence-corrected chi connectivity index (χ0v) is 16.5. The number of amides is 2. The second-order valence-corrected chi connectivity index (χ2v) is 10.2. The molecule has 134 valence electrons. The zero-order valence-electron chi connectivity index (χ0n) is 16.5. The highest BCUT2D eigenvalue weighted by molar-refractivity contribution is 5.88. The van der Waals surface area contributed by atoms with E-state index < -0.39 is 6.04 Å². The number of likely N-dealkylation sites (tertiary alicyclic amines) is 1. The van der Waals surface area contributed by atoms with Crippen molar-refractivity contribution in [2.75, 3.05) is 13.1 Å². The minimum absolute atomic E-state index is 0.0442. The van der Waals surface area contributed by atoms with E-state index in [2.05, 4.69) is 26.1 Å². The zero-order chi connectivity index (χ0) is 18.2. The van der Waals surface area contributed by atoms with Crippen LogP contribution in [0.15, 0.2) is 0 Å². The summed E-state index contributed by atoms with van der Waals surface area (Å²) in [5.41, 5.74) is -0.256. The maximum Gasteiger partial charge on any atom is 0.245 e.